The zero-order valence-electron chi connectivity index (χ0n) is 13.4. The van der Waals surface area contributed by atoms with Crippen LogP contribution in [-0.2, 0) is 11.4 Å². The number of ether oxygens (including phenoxy) is 1. The Morgan fingerprint density at radius 2 is 1.82 bits per heavy atom. The SMILES string of the molecule is CC(N[S@+]([O-])C(C)(C)C)c1ccc(Oc2cccnc2)cc1. The molecule has 0 bridgehead atoms. The van der Waals surface area contributed by atoms with Crippen LogP contribution in [0.4, 0.5) is 0 Å². The lowest BCUT2D eigenvalue weighted by Gasteiger charge is -2.26. The van der Waals surface area contributed by atoms with Crippen LogP contribution in [0.5, 0.6) is 11.5 Å². The first-order chi connectivity index (χ1) is 10.4. The minimum absolute atomic E-state index is 0.00694. The standard InChI is InChI=1S/C17H22N2O2S/c1-13(19-22(20)17(2,3)4)14-7-9-15(10-8-14)21-16-6-5-11-18-12-16/h5-13,19H,1-4H3/t13?,22-/m1/s1. The van der Waals surface area contributed by atoms with Crippen molar-refractivity contribution in [1.29, 1.82) is 0 Å². The maximum absolute atomic E-state index is 12.1. The van der Waals surface area contributed by atoms with Crippen LogP contribution >= 0.6 is 0 Å². The minimum Gasteiger partial charge on any atom is -0.598 e. The second kappa shape index (κ2) is 7.13. The van der Waals surface area contributed by atoms with Crippen molar-refractivity contribution in [3.05, 3.63) is 54.4 Å². The van der Waals surface area contributed by atoms with Gasteiger partial charge in [-0.05, 0) is 57.5 Å². The highest BCUT2D eigenvalue weighted by molar-refractivity contribution is 7.90. The molecule has 0 spiro atoms. The van der Waals surface area contributed by atoms with E-state index in [4.69, 9.17) is 4.74 Å². The average molecular weight is 318 g/mol. The molecule has 0 aliphatic carbocycles. The normalized spacial score (nSPS) is 14.4. The Kier molecular flexibility index (Phi) is 5.45. The highest BCUT2D eigenvalue weighted by Crippen LogP contribution is 2.24. The summed E-state index contributed by atoms with van der Waals surface area (Å²) < 4.78 is 20.7. The van der Waals surface area contributed by atoms with E-state index in [9.17, 15) is 4.55 Å². The molecule has 0 amide bonds. The lowest BCUT2D eigenvalue weighted by atomic mass is 10.1. The van der Waals surface area contributed by atoms with E-state index in [1.165, 1.54) is 0 Å². The molecule has 0 aliphatic rings. The first kappa shape index (κ1) is 16.8. The molecule has 22 heavy (non-hydrogen) atoms. The molecule has 1 aromatic heterocycles. The van der Waals surface area contributed by atoms with E-state index in [2.05, 4.69) is 9.71 Å². The molecule has 2 rings (SSSR count). The molecule has 1 unspecified atom stereocenters. The van der Waals surface area contributed by atoms with Crippen molar-refractivity contribution >= 4 is 11.4 Å². The number of nitrogens with one attached hydrogen (secondary N) is 1. The van der Waals surface area contributed by atoms with Gasteiger partial charge in [0.25, 0.3) is 0 Å². The molecule has 4 nitrogen and oxygen atoms in total. The third-order valence-corrected chi connectivity index (χ3v) is 4.77. The second-order valence-electron chi connectivity index (χ2n) is 6.08. The summed E-state index contributed by atoms with van der Waals surface area (Å²) in [7, 11) is 0. The summed E-state index contributed by atoms with van der Waals surface area (Å²) in [6.45, 7) is 7.86. The van der Waals surface area contributed by atoms with Gasteiger partial charge in [0, 0.05) is 17.6 Å². The van der Waals surface area contributed by atoms with Crippen LogP contribution in [0.3, 0.4) is 0 Å². The maximum atomic E-state index is 12.1. The first-order valence-electron chi connectivity index (χ1n) is 7.22. The van der Waals surface area contributed by atoms with E-state index in [-0.39, 0.29) is 10.8 Å². The Morgan fingerprint density at radius 1 is 1.14 bits per heavy atom. The van der Waals surface area contributed by atoms with Gasteiger partial charge in [-0.2, -0.15) is 0 Å². The third-order valence-electron chi connectivity index (χ3n) is 3.09. The molecule has 0 saturated heterocycles. The average Bonchev–Trinajstić information content (AvgIpc) is 2.48. The van der Waals surface area contributed by atoms with Crippen molar-refractivity contribution in [1.82, 2.24) is 9.71 Å². The van der Waals surface area contributed by atoms with E-state index in [1.54, 1.807) is 12.4 Å². The maximum Gasteiger partial charge on any atom is 0.145 e. The topological polar surface area (TPSA) is 57.2 Å². The van der Waals surface area contributed by atoms with Crippen LogP contribution in [0.1, 0.15) is 39.3 Å². The minimum atomic E-state index is -1.09. The Labute approximate surface area is 135 Å². The largest absolute Gasteiger partial charge is 0.598 e. The Balaban J connectivity index is 1.99. The number of nitrogens with zero attached hydrogens (tertiary/aromatic N) is 1. The molecule has 0 radical (unpaired) electrons. The van der Waals surface area contributed by atoms with Crippen LogP contribution in [-0.4, -0.2) is 14.3 Å². The molecule has 0 aliphatic heterocycles. The van der Waals surface area contributed by atoms with Gasteiger partial charge in [0.15, 0.2) is 0 Å². The lowest BCUT2D eigenvalue weighted by Crippen LogP contribution is -2.40. The third kappa shape index (κ3) is 4.73. The number of benzene rings is 1. The Bertz CT molecular complexity index is 582. The van der Waals surface area contributed by atoms with Gasteiger partial charge < -0.3 is 9.29 Å². The predicted molar refractivity (Wildman–Crippen MR) is 90.2 cm³/mol. The molecule has 2 aromatic rings. The summed E-state index contributed by atoms with van der Waals surface area (Å²) in [5.41, 5.74) is 1.07. The van der Waals surface area contributed by atoms with E-state index >= 15 is 0 Å². The summed E-state index contributed by atoms with van der Waals surface area (Å²) in [5, 5.41) is 0. The summed E-state index contributed by atoms with van der Waals surface area (Å²) in [5.74, 6) is 1.45. The summed E-state index contributed by atoms with van der Waals surface area (Å²) in [6, 6.07) is 11.5. The molecule has 118 valence electrons. The molecule has 1 heterocycles. The molecule has 5 heteroatoms. The summed E-state index contributed by atoms with van der Waals surface area (Å²) >= 11 is -1.09. The van der Waals surface area contributed by atoms with Gasteiger partial charge in [0.05, 0.1) is 12.2 Å². The monoisotopic (exact) mass is 318 g/mol. The van der Waals surface area contributed by atoms with Gasteiger partial charge in [-0.3, -0.25) is 4.98 Å². The van der Waals surface area contributed by atoms with Crippen molar-refractivity contribution in [2.45, 2.75) is 38.5 Å². The van der Waals surface area contributed by atoms with Crippen LogP contribution in [0.25, 0.3) is 0 Å². The number of pyridine rings is 1. The number of hydrogen-bond donors (Lipinski definition) is 1. The van der Waals surface area contributed by atoms with Gasteiger partial charge in [0.2, 0.25) is 0 Å². The van der Waals surface area contributed by atoms with Crippen molar-refractivity contribution in [2.75, 3.05) is 0 Å². The van der Waals surface area contributed by atoms with Crippen LogP contribution in [0, 0.1) is 0 Å². The zero-order chi connectivity index (χ0) is 16.2. The molecule has 1 N–H and O–H groups in total. The van der Waals surface area contributed by atoms with E-state index in [0.29, 0.717) is 5.75 Å². The highest BCUT2D eigenvalue weighted by Gasteiger charge is 2.28. The smallest absolute Gasteiger partial charge is 0.145 e. The van der Waals surface area contributed by atoms with Crippen molar-refractivity contribution < 1.29 is 9.29 Å². The second-order valence-corrected chi connectivity index (χ2v) is 8.08. The van der Waals surface area contributed by atoms with Crippen LogP contribution in [0.2, 0.25) is 0 Å². The van der Waals surface area contributed by atoms with E-state index in [0.717, 1.165) is 11.3 Å². The number of aromatic nitrogens is 1. The fourth-order valence-electron chi connectivity index (χ4n) is 1.77. The number of hydrogen-bond acceptors (Lipinski definition) is 4. The highest BCUT2D eigenvalue weighted by atomic mass is 32.2. The fraction of sp³-hybridized carbons (Fsp3) is 0.353. The lowest BCUT2D eigenvalue weighted by molar-refractivity contribution is 0.479. The van der Waals surface area contributed by atoms with Crippen molar-refractivity contribution in [3.63, 3.8) is 0 Å². The molecule has 1 aromatic carbocycles. The van der Waals surface area contributed by atoms with Gasteiger partial charge in [-0.15, -0.1) is 4.72 Å². The zero-order valence-corrected chi connectivity index (χ0v) is 14.2. The molecular weight excluding hydrogens is 296 g/mol. The molecule has 0 saturated carbocycles. The Hall–Kier alpha value is -1.56. The van der Waals surface area contributed by atoms with Crippen LogP contribution < -0.4 is 9.46 Å². The van der Waals surface area contributed by atoms with Gasteiger partial charge >= 0.3 is 0 Å². The fourth-order valence-corrected chi connectivity index (χ4v) is 2.58. The molecule has 2 atom stereocenters. The summed E-state index contributed by atoms with van der Waals surface area (Å²) in [6.07, 6.45) is 3.38. The molecule has 0 fully saturated rings. The van der Waals surface area contributed by atoms with Crippen LogP contribution in [0.15, 0.2) is 48.8 Å². The number of rotatable bonds is 5. The van der Waals surface area contributed by atoms with Gasteiger partial charge in [0.1, 0.15) is 16.2 Å². The molecular formula is C17H22N2O2S. The summed E-state index contributed by atoms with van der Waals surface area (Å²) in [4.78, 5) is 4.01. The Morgan fingerprint density at radius 3 is 2.36 bits per heavy atom. The van der Waals surface area contributed by atoms with Gasteiger partial charge in [-0.1, -0.05) is 12.1 Å². The predicted octanol–water partition coefficient (Wildman–Crippen LogP) is 3.99. The quantitative estimate of drug-likeness (QED) is 0.847. The first-order valence-corrected chi connectivity index (χ1v) is 8.37. The van der Waals surface area contributed by atoms with E-state index in [1.807, 2.05) is 64.1 Å². The van der Waals surface area contributed by atoms with Gasteiger partial charge in [-0.25, -0.2) is 0 Å². The van der Waals surface area contributed by atoms with Crippen molar-refractivity contribution in [3.8, 4) is 11.5 Å². The van der Waals surface area contributed by atoms with E-state index < -0.39 is 11.4 Å². The van der Waals surface area contributed by atoms with Crippen molar-refractivity contribution in [2.24, 2.45) is 0 Å².